The number of rotatable bonds is 1. The summed E-state index contributed by atoms with van der Waals surface area (Å²) in [6.07, 6.45) is 1.24. The minimum Gasteiger partial charge on any atom is -0.278 e. The SMILES string of the molecule is CN1C(=O)N(C)c2ncnnc2N(c2cccs2)C1=O. The molecule has 0 spiro atoms. The van der Waals surface area contributed by atoms with Crippen LogP contribution in [0.1, 0.15) is 0 Å². The van der Waals surface area contributed by atoms with E-state index in [0.717, 1.165) is 4.90 Å². The van der Waals surface area contributed by atoms with Gasteiger partial charge in [0, 0.05) is 14.1 Å². The minimum absolute atomic E-state index is 0.236. The van der Waals surface area contributed by atoms with E-state index in [9.17, 15) is 9.59 Å². The fourth-order valence-corrected chi connectivity index (χ4v) is 2.60. The molecule has 2 aromatic heterocycles. The molecule has 0 unspecified atom stereocenters. The molecule has 1 aliphatic heterocycles. The number of imide groups is 1. The second-order valence-corrected chi connectivity index (χ2v) is 5.00. The number of urea groups is 2. The Morgan fingerprint density at radius 1 is 1.10 bits per heavy atom. The van der Waals surface area contributed by atoms with E-state index in [0.29, 0.717) is 5.00 Å². The van der Waals surface area contributed by atoms with E-state index in [1.54, 1.807) is 6.07 Å². The van der Waals surface area contributed by atoms with Crippen LogP contribution in [-0.2, 0) is 0 Å². The number of anilines is 3. The number of aromatic nitrogens is 3. The molecule has 2 aromatic rings. The van der Waals surface area contributed by atoms with Crippen molar-refractivity contribution >= 4 is 40.0 Å². The van der Waals surface area contributed by atoms with Crippen molar-refractivity contribution in [3.8, 4) is 0 Å². The highest BCUT2D eigenvalue weighted by Gasteiger charge is 2.37. The lowest BCUT2D eigenvalue weighted by molar-refractivity contribution is 0.205. The van der Waals surface area contributed by atoms with Gasteiger partial charge in [0.1, 0.15) is 11.3 Å². The zero-order chi connectivity index (χ0) is 14.3. The summed E-state index contributed by atoms with van der Waals surface area (Å²) < 4.78 is 0. The van der Waals surface area contributed by atoms with E-state index >= 15 is 0 Å². The molecule has 0 saturated heterocycles. The van der Waals surface area contributed by atoms with E-state index in [1.807, 2.05) is 11.4 Å². The first-order valence-electron chi connectivity index (χ1n) is 5.68. The number of fused-ring (bicyclic) bond motifs is 1. The molecule has 1 aliphatic rings. The lowest BCUT2D eigenvalue weighted by atomic mass is 10.5. The summed E-state index contributed by atoms with van der Waals surface area (Å²) in [7, 11) is 2.96. The minimum atomic E-state index is -0.495. The summed E-state index contributed by atoms with van der Waals surface area (Å²) in [5.41, 5.74) is 0. The van der Waals surface area contributed by atoms with Crippen LogP contribution in [0.5, 0.6) is 0 Å². The summed E-state index contributed by atoms with van der Waals surface area (Å²) in [6.45, 7) is 0. The summed E-state index contributed by atoms with van der Waals surface area (Å²) in [5, 5.41) is 10.2. The third-order valence-corrected chi connectivity index (χ3v) is 3.75. The molecule has 0 saturated carbocycles. The normalized spacial score (nSPS) is 15.4. The average Bonchev–Trinajstić information content (AvgIpc) is 2.97. The fourth-order valence-electron chi connectivity index (χ4n) is 1.88. The summed E-state index contributed by atoms with van der Waals surface area (Å²) in [4.78, 5) is 32.3. The molecule has 20 heavy (non-hydrogen) atoms. The van der Waals surface area contributed by atoms with Crippen molar-refractivity contribution in [2.24, 2.45) is 0 Å². The number of nitrogens with zero attached hydrogens (tertiary/aromatic N) is 6. The van der Waals surface area contributed by atoms with Crippen LogP contribution in [0, 0.1) is 0 Å². The largest absolute Gasteiger partial charge is 0.339 e. The fraction of sp³-hybridized carbons (Fsp3) is 0.182. The Bertz CT molecular complexity index is 673. The van der Waals surface area contributed by atoms with Crippen LogP contribution in [0.15, 0.2) is 23.8 Å². The molecular formula is C11H10N6O2S. The Kier molecular flexibility index (Phi) is 2.83. The van der Waals surface area contributed by atoms with E-state index in [-0.39, 0.29) is 11.6 Å². The van der Waals surface area contributed by atoms with Crippen molar-refractivity contribution in [2.75, 3.05) is 23.9 Å². The van der Waals surface area contributed by atoms with Gasteiger partial charge in [0.15, 0.2) is 5.82 Å². The zero-order valence-corrected chi connectivity index (χ0v) is 11.5. The quantitative estimate of drug-likeness (QED) is 0.798. The van der Waals surface area contributed by atoms with Crippen LogP contribution in [-0.4, -0.2) is 46.2 Å². The Hall–Kier alpha value is -2.55. The Morgan fingerprint density at radius 3 is 2.60 bits per heavy atom. The molecule has 3 rings (SSSR count). The summed E-state index contributed by atoms with van der Waals surface area (Å²) in [5.74, 6) is 0.524. The van der Waals surface area contributed by atoms with Crippen LogP contribution in [0.25, 0.3) is 0 Å². The van der Waals surface area contributed by atoms with Gasteiger partial charge >= 0.3 is 12.1 Å². The van der Waals surface area contributed by atoms with Crippen LogP contribution in [0.4, 0.5) is 26.2 Å². The molecule has 0 fully saturated rings. The maximum absolute atomic E-state index is 12.5. The molecule has 3 heterocycles. The monoisotopic (exact) mass is 290 g/mol. The highest BCUT2D eigenvalue weighted by atomic mass is 32.1. The van der Waals surface area contributed by atoms with E-state index < -0.39 is 12.1 Å². The first kappa shape index (κ1) is 12.5. The van der Waals surface area contributed by atoms with Crippen molar-refractivity contribution in [2.45, 2.75) is 0 Å². The Balaban J connectivity index is 2.24. The van der Waals surface area contributed by atoms with Crippen LogP contribution < -0.4 is 9.80 Å². The van der Waals surface area contributed by atoms with Crippen molar-refractivity contribution in [1.29, 1.82) is 0 Å². The Labute approximate surface area is 118 Å². The first-order valence-corrected chi connectivity index (χ1v) is 6.56. The Morgan fingerprint density at radius 2 is 1.90 bits per heavy atom. The maximum Gasteiger partial charge on any atom is 0.339 e. The number of amides is 4. The molecule has 0 radical (unpaired) electrons. The predicted octanol–water partition coefficient (Wildman–Crippen LogP) is 1.69. The van der Waals surface area contributed by atoms with E-state index in [1.165, 1.54) is 41.6 Å². The van der Waals surface area contributed by atoms with Gasteiger partial charge in [0.05, 0.1) is 0 Å². The molecule has 0 atom stereocenters. The van der Waals surface area contributed by atoms with Gasteiger partial charge < -0.3 is 0 Å². The van der Waals surface area contributed by atoms with Gasteiger partial charge in [-0.3, -0.25) is 4.90 Å². The molecule has 102 valence electrons. The van der Waals surface area contributed by atoms with Crippen molar-refractivity contribution in [1.82, 2.24) is 20.1 Å². The number of hydrogen-bond acceptors (Lipinski definition) is 6. The van der Waals surface area contributed by atoms with E-state index in [4.69, 9.17) is 0 Å². The number of thiophene rings is 1. The molecule has 9 heteroatoms. The highest BCUT2D eigenvalue weighted by molar-refractivity contribution is 7.14. The van der Waals surface area contributed by atoms with E-state index in [2.05, 4.69) is 15.2 Å². The number of carbonyl (C=O) groups is 2. The molecule has 8 nitrogen and oxygen atoms in total. The maximum atomic E-state index is 12.5. The lowest BCUT2D eigenvalue weighted by Crippen LogP contribution is -2.44. The molecule has 0 N–H and O–H groups in total. The first-order chi connectivity index (χ1) is 9.61. The van der Waals surface area contributed by atoms with Crippen molar-refractivity contribution in [3.63, 3.8) is 0 Å². The standard InChI is InChI=1S/C11H10N6O2S/c1-15-8-9(14-13-6-12-8)17(7-4-3-5-20-7)11(19)16(2)10(15)18/h3-6H,1-2H3. The second kappa shape index (κ2) is 4.53. The van der Waals surface area contributed by atoms with Gasteiger partial charge in [-0.25, -0.2) is 24.4 Å². The summed E-state index contributed by atoms with van der Waals surface area (Å²) >= 11 is 1.36. The molecule has 0 aromatic carbocycles. The number of hydrogen-bond donors (Lipinski definition) is 0. The smallest absolute Gasteiger partial charge is 0.278 e. The average molecular weight is 290 g/mol. The molecule has 4 amide bonds. The van der Waals surface area contributed by atoms with Crippen LogP contribution in [0.3, 0.4) is 0 Å². The predicted molar refractivity (Wildman–Crippen MR) is 73.2 cm³/mol. The van der Waals surface area contributed by atoms with Crippen LogP contribution in [0.2, 0.25) is 0 Å². The van der Waals surface area contributed by atoms with Gasteiger partial charge in [0.25, 0.3) is 0 Å². The molecular weight excluding hydrogens is 280 g/mol. The zero-order valence-electron chi connectivity index (χ0n) is 10.7. The third-order valence-electron chi connectivity index (χ3n) is 2.89. The second-order valence-electron chi connectivity index (χ2n) is 4.08. The highest BCUT2D eigenvalue weighted by Crippen LogP contribution is 2.35. The van der Waals surface area contributed by atoms with Gasteiger partial charge in [-0.2, -0.15) is 0 Å². The topological polar surface area (TPSA) is 82.5 Å². The number of carbonyl (C=O) groups excluding carboxylic acids is 2. The van der Waals surface area contributed by atoms with Crippen molar-refractivity contribution < 1.29 is 9.59 Å². The van der Waals surface area contributed by atoms with Gasteiger partial charge in [-0.15, -0.1) is 21.5 Å². The van der Waals surface area contributed by atoms with Crippen molar-refractivity contribution in [3.05, 3.63) is 23.8 Å². The van der Waals surface area contributed by atoms with Gasteiger partial charge in [-0.05, 0) is 17.5 Å². The van der Waals surface area contributed by atoms with Gasteiger partial charge in [-0.1, -0.05) is 0 Å². The lowest BCUT2D eigenvalue weighted by Gasteiger charge is -2.21. The van der Waals surface area contributed by atoms with Crippen LogP contribution >= 0.6 is 11.3 Å². The molecule has 0 aliphatic carbocycles. The third kappa shape index (κ3) is 1.71. The van der Waals surface area contributed by atoms with Gasteiger partial charge in [0.2, 0.25) is 5.82 Å². The molecule has 0 bridgehead atoms. The summed E-state index contributed by atoms with van der Waals surface area (Å²) in [6, 6.07) is 2.61.